The summed E-state index contributed by atoms with van der Waals surface area (Å²) in [6.07, 6.45) is 1.49. The van der Waals surface area contributed by atoms with E-state index in [1.165, 1.54) is 18.3 Å². The number of hydrogen-bond acceptors (Lipinski definition) is 2. The molecular weight excluding hydrogens is 201 g/mol. The largest absolute Gasteiger partial charge is 0.364 e. The number of hydrogen-bond donors (Lipinski definition) is 2. The maximum absolute atomic E-state index is 12.7. The van der Waals surface area contributed by atoms with Crippen molar-refractivity contribution in [3.63, 3.8) is 0 Å². The van der Waals surface area contributed by atoms with Gasteiger partial charge < -0.3 is 5.32 Å². The Morgan fingerprint density at radius 3 is 3.00 bits per heavy atom. The summed E-state index contributed by atoms with van der Waals surface area (Å²) in [5, 5.41) is 6.92. The third kappa shape index (κ3) is 3.49. The van der Waals surface area contributed by atoms with Gasteiger partial charge in [-0.3, -0.25) is 5.43 Å². The minimum Gasteiger partial charge on any atom is -0.364 e. The Hall–Kier alpha value is -1.49. The van der Waals surface area contributed by atoms with Gasteiger partial charge in [-0.2, -0.15) is 5.10 Å². The van der Waals surface area contributed by atoms with E-state index >= 15 is 0 Å². The maximum atomic E-state index is 12.7. The molecule has 0 aromatic heterocycles. The van der Waals surface area contributed by atoms with E-state index in [0.29, 0.717) is 10.7 Å². The van der Waals surface area contributed by atoms with Crippen LogP contribution in [0.5, 0.6) is 0 Å². The van der Waals surface area contributed by atoms with Gasteiger partial charge in [0.05, 0.1) is 6.21 Å². The number of nitrogens with zero attached hydrogens (tertiary/aromatic N) is 1. The molecule has 1 aromatic rings. The molecule has 0 fully saturated rings. The first-order valence-corrected chi connectivity index (χ1v) is 4.39. The fourth-order valence-electron chi connectivity index (χ4n) is 0.808. The second-order valence-electron chi connectivity index (χ2n) is 2.50. The highest BCUT2D eigenvalue weighted by atomic mass is 32.1. The summed E-state index contributed by atoms with van der Waals surface area (Å²) in [7, 11) is 1.69. The highest BCUT2D eigenvalue weighted by Crippen LogP contribution is 1.99. The number of hydrazone groups is 1. The van der Waals surface area contributed by atoms with E-state index in [2.05, 4.69) is 15.8 Å². The molecular formula is C9H10FN3S. The Bertz CT molecular complexity index is 352. The number of rotatable bonds is 2. The van der Waals surface area contributed by atoms with Crippen molar-refractivity contribution in [3.05, 3.63) is 35.6 Å². The first-order valence-electron chi connectivity index (χ1n) is 3.98. The molecule has 0 aliphatic heterocycles. The van der Waals surface area contributed by atoms with Gasteiger partial charge >= 0.3 is 0 Å². The van der Waals surface area contributed by atoms with E-state index in [0.717, 1.165) is 0 Å². The third-order valence-corrected chi connectivity index (χ3v) is 1.75. The molecule has 1 rings (SSSR count). The van der Waals surface area contributed by atoms with Crippen molar-refractivity contribution in [2.24, 2.45) is 5.10 Å². The van der Waals surface area contributed by atoms with Crippen LogP contribution in [0.1, 0.15) is 5.56 Å². The van der Waals surface area contributed by atoms with Gasteiger partial charge in [-0.25, -0.2) is 4.39 Å². The summed E-state index contributed by atoms with van der Waals surface area (Å²) in [5.41, 5.74) is 3.24. The molecule has 0 saturated carbocycles. The van der Waals surface area contributed by atoms with Crippen molar-refractivity contribution in [3.8, 4) is 0 Å². The van der Waals surface area contributed by atoms with Gasteiger partial charge in [0.25, 0.3) is 0 Å². The van der Waals surface area contributed by atoms with E-state index < -0.39 is 0 Å². The van der Waals surface area contributed by atoms with Crippen molar-refractivity contribution in [2.75, 3.05) is 7.05 Å². The zero-order valence-electron chi connectivity index (χ0n) is 7.62. The Balaban J connectivity index is 2.56. The topological polar surface area (TPSA) is 36.4 Å². The van der Waals surface area contributed by atoms with Gasteiger partial charge in [-0.05, 0) is 29.9 Å². The van der Waals surface area contributed by atoms with Gasteiger partial charge in [0.1, 0.15) is 5.82 Å². The van der Waals surface area contributed by atoms with E-state index in [1.54, 1.807) is 19.2 Å². The molecule has 0 unspecified atom stereocenters. The van der Waals surface area contributed by atoms with Crippen molar-refractivity contribution in [2.45, 2.75) is 0 Å². The average molecular weight is 211 g/mol. The molecule has 0 atom stereocenters. The molecule has 74 valence electrons. The molecule has 0 aliphatic carbocycles. The van der Waals surface area contributed by atoms with E-state index in [9.17, 15) is 4.39 Å². The highest BCUT2D eigenvalue weighted by Gasteiger charge is 1.90. The lowest BCUT2D eigenvalue weighted by molar-refractivity contribution is 0.627. The minimum atomic E-state index is -0.287. The van der Waals surface area contributed by atoms with Gasteiger partial charge in [0.2, 0.25) is 0 Å². The van der Waals surface area contributed by atoms with Crippen molar-refractivity contribution in [1.82, 2.24) is 10.7 Å². The molecule has 2 N–H and O–H groups in total. The molecule has 0 spiro atoms. The van der Waals surface area contributed by atoms with Crippen LogP contribution in [-0.4, -0.2) is 18.4 Å². The molecule has 0 heterocycles. The van der Waals surface area contributed by atoms with Crippen LogP contribution < -0.4 is 10.7 Å². The molecule has 0 aliphatic rings. The second-order valence-corrected chi connectivity index (χ2v) is 2.91. The van der Waals surface area contributed by atoms with Crippen LogP contribution in [0.4, 0.5) is 4.39 Å². The Morgan fingerprint density at radius 1 is 1.57 bits per heavy atom. The number of benzene rings is 1. The van der Waals surface area contributed by atoms with Crippen LogP contribution in [0.3, 0.4) is 0 Å². The van der Waals surface area contributed by atoms with Crippen LogP contribution in [0.25, 0.3) is 0 Å². The van der Waals surface area contributed by atoms with Gasteiger partial charge in [0.15, 0.2) is 5.11 Å². The fraction of sp³-hybridized carbons (Fsp3) is 0.111. The summed E-state index contributed by atoms with van der Waals surface area (Å²) in [6, 6.07) is 6.13. The van der Waals surface area contributed by atoms with Crippen LogP contribution in [0.2, 0.25) is 0 Å². The maximum Gasteiger partial charge on any atom is 0.186 e. The Kier molecular flexibility index (Phi) is 4.00. The van der Waals surface area contributed by atoms with Gasteiger partial charge in [0, 0.05) is 7.05 Å². The Morgan fingerprint density at radius 2 is 2.36 bits per heavy atom. The Labute approximate surface area is 87.0 Å². The number of nitrogens with one attached hydrogen (secondary N) is 2. The monoisotopic (exact) mass is 211 g/mol. The molecule has 0 amide bonds. The predicted molar refractivity (Wildman–Crippen MR) is 58.8 cm³/mol. The van der Waals surface area contributed by atoms with Crippen molar-refractivity contribution in [1.29, 1.82) is 0 Å². The van der Waals surface area contributed by atoms with Gasteiger partial charge in [-0.15, -0.1) is 0 Å². The molecule has 3 nitrogen and oxygen atoms in total. The average Bonchev–Trinajstić information content (AvgIpc) is 2.17. The normalized spacial score (nSPS) is 10.1. The quantitative estimate of drug-likeness (QED) is 0.439. The highest BCUT2D eigenvalue weighted by molar-refractivity contribution is 7.80. The van der Waals surface area contributed by atoms with Crippen molar-refractivity contribution >= 4 is 23.5 Å². The zero-order valence-corrected chi connectivity index (χ0v) is 8.44. The summed E-state index contributed by atoms with van der Waals surface area (Å²) in [5.74, 6) is -0.287. The SMILES string of the molecule is CNC(=S)N/N=C\c1cccc(F)c1. The smallest absolute Gasteiger partial charge is 0.186 e. The zero-order chi connectivity index (χ0) is 10.4. The number of halogens is 1. The molecule has 1 aromatic carbocycles. The van der Waals surface area contributed by atoms with E-state index in [1.807, 2.05) is 0 Å². The first kappa shape index (κ1) is 10.6. The molecule has 14 heavy (non-hydrogen) atoms. The predicted octanol–water partition coefficient (Wildman–Crippen LogP) is 1.25. The second kappa shape index (κ2) is 5.29. The fourth-order valence-corrected chi connectivity index (χ4v) is 0.861. The van der Waals surface area contributed by atoms with Crippen molar-refractivity contribution < 1.29 is 4.39 Å². The van der Waals surface area contributed by atoms with Gasteiger partial charge in [-0.1, -0.05) is 12.1 Å². The summed E-state index contributed by atoms with van der Waals surface area (Å²) in [4.78, 5) is 0. The first-order chi connectivity index (χ1) is 6.72. The van der Waals surface area contributed by atoms with E-state index in [4.69, 9.17) is 12.2 Å². The minimum absolute atomic E-state index is 0.287. The van der Waals surface area contributed by atoms with Crippen LogP contribution in [0.15, 0.2) is 29.4 Å². The van der Waals surface area contributed by atoms with E-state index in [-0.39, 0.29) is 5.82 Å². The van der Waals surface area contributed by atoms with Crippen LogP contribution in [-0.2, 0) is 0 Å². The number of thiocarbonyl (C=S) groups is 1. The third-order valence-electron chi connectivity index (χ3n) is 1.46. The summed E-state index contributed by atoms with van der Waals surface area (Å²) < 4.78 is 12.7. The summed E-state index contributed by atoms with van der Waals surface area (Å²) in [6.45, 7) is 0. The summed E-state index contributed by atoms with van der Waals surface area (Å²) >= 11 is 4.79. The molecule has 5 heteroatoms. The lowest BCUT2D eigenvalue weighted by atomic mass is 10.2. The standard InChI is InChI=1S/C9H10FN3S/c1-11-9(14)13-12-6-7-3-2-4-8(10)5-7/h2-6H,1H3,(H2,11,13,14)/b12-6-. The lowest BCUT2D eigenvalue weighted by Gasteiger charge is -1.99. The van der Waals surface area contributed by atoms with Crippen LogP contribution >= 0.6 is 12.2 Å². The van der Waals surface area contributed by atoms with Crippen LogP contribution in [0, 0.1) is 5.82 Å². The lowest BCUT2D eigenvalue weighted by Crippen LogP contribution is -2.28. The molecule has 0 radical (unpaired) electrons. The molecule has 0 bridgehead atoms. The molecule has 0 saturated heterocycles.